The number of hydrogen-bond donors (Lipinski definition) is 1. The number of nitrogens with zero attached hydrogens (tertiary/aromatic N) is 4. The number of amides is 2. The largest absolute Gasteiger partial charge is 0.477 e. The molecule has 0 aliphatic heterocycles. The van der Waals surface area contributed by atoms with Crippen molar-refractivity contribution < 1.29 is 19.5 Å². The fraction of sp³-hybridized carbons (Fsp3) is 0.455. The van der Waals surface area contributed by atoms with Gasteiger partial charge in [-0.05, 0) is 43.7 Å². The van der Waals surface area contributed by atoms with E-state index in [1.54, 1.807) is 26.2 Å². The Hall–Kier alpha value is -3.16. The van der Waals surface area contributed by atoms with Gasteiger partial charge in [-0.25, -0.2) is 9.48 Å². The lowest BCUT2D eigenvalue weighted by Gasteiger charge is -2.30. The van der Waals surface area contributed by atoms with Crippen molar-refractivity contribution in [2.24, 2.45) is 11.8 Å². The minimum atomic E-state index is -1.19. The molecule has 1 heterocycles. The van der Waals surface area contributed by atoms with E-state index in [1.165, 1.54) is 20.7 Å². The number of benzene rings is 1. The van der Waals surface area contributed by atoms with Crippen LogP contribution in [0.4, 0.5) is 5.82 Å². The molecule has 8 nitrogen and oxygen atoms in total. The summed E-state index contributed by atoms with van der Waals surface area (Å²) in [6, 6.07) is 9.07. The van der Waals surface area contributed by atoms with Gasteiger partial charge in [-0.15, -0.1) is 5.10 Å². The Kier molecular flexibility index (Phi) is 6.54. The maximum atomic E-state index is 13.4. The van der Waals surface area contributed by atoms with Gasteiger partial charge in [0.1, 0.15) is 12.1 Å². The molecule has 0 bridgehead atoms. The summed E-state index contributed by atoms with van der Waals surface area (Å²) < 4.78 is 1.43. The molecule has 1 saturated carbocycles. The summed E-state index contributed by atoms with van der Waals surface area (Å²) in [5.41, 5.74) is 0.562. The lowest BCUT2D eigenvalue weighted by Crippen LogP contribution is -2.44. The first kappa shape index (κ1) is 21.5. The number of anilines is 1. The van der Waals surface area contributed by atoms with Crippen LogP contribution < -0.4 is 4.90 Å². The fourth-order valence-electron chi connectivity index (χ4n) is 3.69. The van der Waals surface area contributed by atoms with E-state index in [2.05, 4.69) is 12.0 Å². The highest BCUT2D eigenvalue weighted by atomic mass is 16.4. The SMILES string of the molecule is CN(C)C(=O)CN(c1nn(-c2ccccc2)cc1C(=O)O)C(=O)[C@H]1CC[C@H](C)CC1. The minimum Gasteiger partial charge on any atom is -0.477 e. The van der Waals surface area contributed by atoms with Crippen LogP contribution in [0.5, 0.6) is 0 Å². The number of carbonyl (C=O) groups excluding carboxylic acids is 2. The second kappa shape index (κ2) is 9.11. The maximum Gasteiger partial charge on any atom is 0.341 e. The molecule has 1 N–H and O–H groups in total. The van der Waals surface area contributed by atoms with Crippen LogP contribution in [0.15, 0.2) is 36.5 Å². The number of aromatic carboxylic acids is 1. The highest BCUT2D eigenvalue weighted by Gasteiger charge is 2.34. The summed E-state index contributed by atoms with van der Waals surface area (Å²) in [5, 5.41) is 14.2. The van der Waals surface area contributed by atoms with Gasteiger partial charge in [0.15, 0.2) is 5.82 Å². The highest BCUT2D eigenvalue weighted by molar-refractivity contribution is 6.04. The molecule has 8 heteroatoms. The van der Waals surface area contributed by atoms with E-state index < -0.39 is 5.97 Å². The zero-order chi connectivity index (χ0) is 21.8. The summed E-state index contributed by atoms with van der Waals surface area (Å²) in [4.78, 5) is 40.5. The molecule has 1 aliphatic rings. The van der Waals surface area contributed by atoms with Crippen molar-refractivity contribution in [3.8, 4) is 5.69 Å². The van der Waals surface area contributed by atoms with E-state index in [0.717, 1.165) is 25.7 Å². The van der Waals surface area contributed by atoms with Crippen molar-refractivity contribution in [1.29, 1.82) is 0 Å². The molecule has 160 valence electrons. The van der Waals surface area contributed by atoms with Gasteiger partial charge in [0, 0.05) is 26.2 Å². The third-order valence-electron chi connectivity index (χ3n) is 5.62. The van der Waals surface area contributed by atoms with Crippen molar-refractivity contribution >= 4 is 23.6 Å². The smallest absolute Gasteiger partial charge is 0.341 e. The van der Waals surface area contributed by atoms with Crippen molar-refractivity contribution in [2.45, 2.75) is 32.6 Å². The minimum absolute atomic E-state index is 0.00479. The lowest BCUT2D eigenvalue weighted by molar-refractivity contribution is -0.130. The molecule has 30 heavy (non-hydrogen) atoms. The normalized spacial score (nSPS) is 18.6. The Morgan fingerprint density at radius 2 is 1.73 bits per heavy atom. The molecule has 0 saturated heterocycles. The van der Waals surface area contributed by atoms with Crippen molar-refractivity contribution in [2.75, 3.05) is 25.5 Å². The van der Waals surface area contributed by atoms with E-state index in [0.29, 0.717) is 11.6 Å². The maximum absolute atomic E-state index is 13.4. The highest BCUT2D eigenvalue weighted by Crippen LogP contribution is 2.32. The van der Waals surface area contributed by atoms with Gasteiger partial charge in [0.2, 0.25) is 11.8 Å². The van der Waals surface area contributed by atoms with E-state index in [1.807, 2.05) is 18.2 Å². The number of carbonyl (C=O) groups is 3. The summed E-state index contributed by atoms with van der Waals surface area (Å²) in [5.74, 6) is -1.39. The number of rotatable bonds is 6. The lowest BCUT2D eigenvalue weighted by atomic mass is 9.82. The van der Waals surface area contributed by atoms with Gasteiger partial charge in [-0.1, -0.05) is 25.1 Å². The number of carboxylic acids is 1. The third-order valence-corrected chi connectivity index (χ3v) is 5.62. The van der Waals surface area contributed by atoms with E-state index >= 15 is 0 Å². The molecule has 0 atom stereocenters. The first-order valence-electron chi connectivity index (χ1n) is 10.2. The van der Waals surface area contributed by atoms with Crippen LogP contribution in [0, 0.1) is 11.8 Å². The number of hydrogen-bond acceptors (Lipinski definition) is 4. The molecule has 0 spiro atoms. The topological polar surface area (TPSA) is 95.7 Å². The molecule has 3 rings (SSSR count). The Morgan fingerprint density at radius 3 is 2.30 bits per heavy atom. The second-order valence-electron chi connectivity index (χ2n) is 8.12. The van der Waals surface area contributed by atoms with Crippen molar-refractivity contribution in [3.63, 3.8) is 0 Å². The Balaban J connectivity index is 2.01. The van der Waals surface area contributed by atoms with Gasteiger partial charge in [-0.3, -0.25) is 14.5 Å². The number of likely N-dealkylation sites (N-methyl/N-ethyl adjacent to an activating group) is 1. The van der Waals surface area contributed by atoms with Gasteiger partial charge >= 0.3 is 5.97 Å². The quantitative estimate of drug-likeness (QED) is 0.787. The molecule has 2 amide bonds. The summed E-state index contributed by atoms with van der Waals surface area (Å²) >= 11 is 0. The molecule has 1 aromatic heterocycles. The van der Waals surface area contributed by atoms with Gasteiger partial charge in [0.25, 0.3) is 0 Å². The molecule has 0 unspecified atom stereocenters. The van der Waals surface area contributed by atoms with Crippen LogP contribution in [-0.2, 0) is 9.59 Å². The molecule has 1 fully saturated rings. The predicted octanol–water partition coefficient (Wildman–Crippen LogP) is 2.82. The van der Waals surface area contributed by atoms with E-state index in [9.17, 15) is 19.5 Å². The zero-order valence-electron chi connectivity index (χ0n) is 17.6. The molecule has 1 aliphatic carbocycles. The van der Waals surface area contributed by atoms with Crippen LogP contribution in [0.25, 0.3) is 5.69 Å². The summed E-state index contributed by atoms with van der Waals surface area (Å²) in [6.45, 7) is 1.92. The van der Waals surface area contributed by atoms with Crippen molar-refractivity contribution in [3.05, 3.63) is 42.1 Å². The fourth-order valence-corrected chi connectivity index (χ4v) is 3.69. The summed E-state index contributed by atoms with van der Waals surface area (Å²) in [6.07, 6.45) is 4.73. The standard InChI is InChI=1S/C22H28N4O4/c1-15-9-11-16(12-10-15)21(28)25(14-19(27)24(2)3)20-18(22(29)30)13-26(23-20)17-7-5-4-6-8-17/h4-8,13,15-16H,9-12,14H2,1-3H3,(H,29,30)/t15-,16-. The average Bonchev–Trinajstić information content (AvgIpc) is 3.18. The first-order chi connectivity index (χ1) is 14.3. The van der Waals surface area contributed by atoms with Crippen LogP contribution in [0.2, 0.25) is 0 Å². The first-order valence-corrected chi connectivity index (χ1v) is 10.2. The van der Waals surface area contributed by atoms with Crippen LogP contribution in [-0.4, -0.2) is 58.2 Å². The van der Waals surface area contributed by atoms with Gasteiger partial charge in [-0.2, -0.15) is 0 Å². The van der Waals surface area contributed by atoms with Crippen LogP contribution in [0.1, 0.15) is 43.0 Å². The Bertz CT molecular complexity index is 914. The molecule has 1 aromatic carbocycles. The number of para-hydroxylation sites is 1. The molecular weight excluding hydrogens is 384 g/mol. The second-order valence-corrected chi connectivity index (χ2v) is 8.12. The Labute approximate surface area is 176 Å². The summed E-state index contributed by atoms with van der Waals surface area (Å²) in [7, 11) is 3.21. The molecular formula is C22H28N4O4. The number of aromatic nitrogens is 2. The van der Waals surface area contributed by atoms with E-state index in [-0.39, 0.29) is 35.7 Å². The van der Waals surface area contributed by atoms with Crippen LogP contribution in [0.3, 0.4) is 0 Å². The number of carboxylic acid groups (broad SMARTS) is 1. The van der Waals surface area contributed by atoms with Gasteiger partial charge < -0.3 is 10.0 Å². The third kappa shape index (κ3) is 4.69. The van der Waals surface area contributed by atoms with Crippen molar-refractivity contribution in [1.82, 2.24) is 14.7 Å². The average molecular weight is 412 g/mol. The molecule has 2 aromatic rings. The predicted molar refractivity (Wildman–Crippen MR) is 113 cm³/mol. The monoisotopic (exact) mass is 412 g/mol. The van der Waals surface area contributed by atoms with E-state index in [4.69, 9.17) is 0 Å². The van der Waals surface area contributed by atoms with Gasteiger partial charge in [0.05, 0.1) is 5.69 Å². The molecule has 0 radical (unpaired) electrons. The Morgan fingerprint density at radius 1 is 1.10 bits per heavy atom. The zero-order valence-corrected chi connectivity index (χ0v) is 17.6. The van der Waals surface area contributed by atoms with Crippen LogP contribution >= 0.6 is 0 Å².